The Balaban J connectivity index is 2.04. The second kappa shape index (κ2) is 5.39. The second-order valence-electron chi connectivity index (χ2n) is 3.98. The fourth-order valence-corrected chi connectivity index (χ4v) is 1.83. The van der Waals surface area contributed by atoms with Gasteiger partial charge in [-0.25, -0.2) is 9.97 Å². The number of nitrogens with zero attached hydrogens (tertiary/aromatic N) is 2. The van der Waals surface area contributed by atoms with Gasteiger partial charge in [0.1, 0.15) is 11.6 Å². The summed E-state index contributed by atoms with van der Waals surface area (Å²) in [6.07, 6.45) is 4.71. The van der Waals surface area contributed by atoms with Crippen molar-refractivity contribution in [3.05, 3.63) is 6.07 Å². The van der Waals surface area contributed by atoms with E-state index in [1.807, 2.05) is 12.3 Å². The van der Waals surface area contributed by atoms with Crippen molar-refractivity contribution in [3.63, 3.8) is 0 Å². The first-order valence-electron chi connectivity index (χ1n) is 5.72. The molecule has 0 amide bonds. The molecular weight excluding hydrogens is 220 g/mol. The van der Waals surface area contributed by atoms with Crippen LogP contribution in [0.1, 0.15) is 19.8 Å². The van der Waals surface area contributed by atoms with E-state index in [9.17, 15) is 0 Å². The molecule has 16 heavy (non-hydrogen) atoms. The molecule has 1 aromatic heterocycles. The Morgan fingerprint density at radius 3 is 2.56 bits per heavy atom. The minimum Gasteiger partial charge on any atom is -0.370 e. The smallest absolute Gasteiger partial charge is 0.191 e. The van der Waals surface area contributed by atoms with Gasteiger partial charge in [0.2, 0.25) is 0 Å². The van der Waals surface area contributed by atoms with Crippen LogP contribution in [0.5, 0.6) is 0 Å². The van der Waals surface area contributed by atoms with Gasteiger partial charge >= 0.3 is 0 Å². The first-order chi connectivity index (χ1) is 7.81. The van der Waals surface area contributed by atoms with Crippen molar-refractivity contribution in [2.24, 2.45) is 5.92 Å². The predicted molar refractivity (Wildman–Crippen MR) is 69.2 cm³/mol. The molecule has 0 unspecified atom stereocenters. The van der Waals surface area contributed by atoms with Crippen molar-refractivity contribution in [3.8, 4) is 0 Å². The first-order valence-corrected chi connectivity index (χ1v) is 6.95. The fraction of sp³-hybridized carbons (Fsp3) is 0.636. The van der Waals surface area contributed by atoms with Crippen LogP contribution < -0.4 is 10.6 Å². The quantitative estimate of drug-likeness (QED) is 0.589. The second-order valence-corrected chi connectivity index (χ2v) is 4.75. The van der Waals surface area contributed by atoms with E-state index in [1.54, 1.807) is 11.8 Å². The highest BCUT2D eigenvalue weighted by Gasteiger charge is 2.20. The molecule has 0 bridgehead atoms. The highest BCUT2D eigenvalue weighted by Crippen LogP contribution is 2.29. The summed E-state index contributed by atoms with van der Waals surface area (Å²) in [5.41, 5.74) is 0. The molecule has 0 aliphatic heterocycles. The molecule has 88 valence electrons. The SMILES string of the molecule is CCNc1cc(NCC2CC2)nc(SC)n1. The summed E-state index contributed by atoms with van der Waals surface area (Å²) in [6, 6.07) is 1.98. The minimum absolute atomic E-state index is 0.816. The van der Waals surface area contributed by atoms with Crippen LogP contribution in [-0.4, -0.2) is 29.3 Å². The molecule has 0 spiro atoms. The van der Waals surface area contributed by atoms with Gasteiger partial charge in [-0.05, 0) is 31.9 Å². The minimum atomic E-state index is 0.816. The number of hydrogen-bond donors (Lipinski definition) is 2. The zero-order chi connectivity index (χ0) is 11.4. The van der Waals surface area contributed by atoms with Crippen LogP contribution in [0, 0.1) is 5.92 Å². The van der Waals surface area contributed by atoms with E-state index in [-0.39, 0.29) is 0 Å². The average molecular weight is 238 g/mol. The third-order valence-electron chi connectivity index (χ3n) is 2.51. The summed E-state index contributed by atoms with van der Waals surface area (Å²) in [6.45, 7) is 3.99. The van der Waals surface area contributed by atoms with E-state index in [1.165, 1.54) is 12.8 Å². The van der Waals surface area contributed by atoms with E-state index in [4.69, 9.17) is 0 Å². The molecule has 1 aliphatic carbocycles. The van der Waals surface area contributed by atoms with Gasteiger partial charge in [-0.1, -0.05) is 11.8 Å². The third kappa shape index (κ3) is 3.27. The summed E-state index contributed by atoms with van der Waals surface area (Å²) in [4.78, 5) is 8.82. The molecule has 0 aromatic carbocycles. The third-order valence-corrected chi connectivity index (χ3v) is 3.06. The Labute approximate surface area is 101 Å². The van der Waals surface area contributed by atoms with Crippen LogP contribution in [-0.2, 0) is 0 Å². The van der Waals surface area contributed by atoms with Crippen molar-refractivity contribution in [2.75, 3.05) is 30.0 Å². The van der Waals surface area contributed by atoms with Gasteiger partial charge in [0.15, 0.2) is 5.16 Å². The summed E-state index contributed by atoms with van der Waals surface area (Å²) >= 11 is 1.57. The summed E-state index contributed by atoms with van der Waals surface area (Å²) in [7, 11) is 0. The van der Waals surface area contributed by atoms with Gasteiger partial charge in [0.25, 0.3) is 0 Å². The molecule has 1 aliphatic rings. The van der Waals surface area contributed by atoms with Crippen molar-refractivity contribution in [1.29, 1.82) is 0 Å². The lowest BCUT2D eigenvalue weighted by molar-refractivity contribution is 0.868. The topological polar surface area (TPSA) is 49.8 Å². The van der Waals surface area contributed by atoms with Gasteiger partial charge in [-0.3, -0.25) is 0 Å². The molecule has 2 N–H and O–H groups in total. The molecule has 4 nitrogen and oxygen atoms in total. The molecule has 5 heteroatoms. The van der Waals surface area contributed by atoms with E-state index in [0.717, 1.165) is 35.8 Å². The number of hydrogen-bond acceptors (Lipinski definition) is 5. The van der Waals surface area contributed by atoms with Gasteiger partial charge in [0, 0.05) is 19.2 Å². The highest BCUT2D eigenvalue weighted by molar-refractivity contribution is 7.98. The molecule has 0 saturated heterocycles. The van der Waals surface area contributed by atoms with Crippen LogP contribution in [0.3, 0.4) is 0 Å². The van der Waals surface area contributed by atoms with Crippen molar-refractivity contribution >= 4 is 23.4 Å². The predicted octanol–water partition coefficient (Wildman–Crippen LogP) is 2.45. The Hall–Kier alpha value is -0.970. The standard InChI is InChI=1S/C11H18N4S/c1-3-12-9-6-10(13-7-8-4-5-8)15-11(14-9)16-2/h6,8H,3-5,7H2,1-2H3,(H2,12,13,14,15). The van der Waals surface area contributed by atoms with Gasteiger partial charge in [-0.2, -0.15) is 0 Å². The van der Waals surface area contributed by atoms with Crippen LogP contribution in [0.25, 0.3) is 0 Å². The number of rotatable bonds is 6. The number of anilines is 2. The molecular formula is C11H18N4S. The van der Waals surface area contributed by atoms with Gasteiger partial charge < -0.3 is 10.6 Å². The van der Waals surface area contributed by atoms with Gasteiger partial charge in [0.05, 0.1) is 0 Å². The molecule has 1 aromatic rings. The van der Waals surface area contributed by atoms with Crippen LogP contribution >= 0.6 is 11.8 Å². The maximum absolute atomic E-state index is 4.43. The zero-order valence-corrected chi connectivity index (χ0v) is 10.6. The van der Waals surface area contributed by atoms with Crippen LogP contribution in [0.4, 0.5) is 11.6 Å². The Bertz CT molecular complexity index is 352. The van der Waals surface area contributed by atoms with Crippen molar-refractivity contribution < 1.29 is 0 Å². The lowest BCUT2D eigenvalue weighted by Crippen LogP contribution is -2.08. The fourth-order valence-electron chi connectivity index (χ4n) is 1.45. The molecule has 1 saturated carbocycles. The lowest BCUT2D eigenvalue weighted by Gasteiger charge is -2.09. The normalized spacial score (nSPS) is 14.9. The lowest BCUT2D eigenvalue weighted by atomic mass is 10.4. The van der Waals surface area contributed by atoms with Gasteiger partial charge in [-0.15, -0.1) is 0 Å². The first kappa shape index (κ1) is 11.5. The van der Waals surface area contributed by atoms with E-state index >= 15 is 0 Å². The monoisotopic (exact) mass is 238 g/mol. The Kier molecular flexibility index (Phi) is 3.88. The maximum atomic E-state index is 4.43. The highest BCUT2D eigenvalue weighted by atomic mass is 32.2. The summed E-state index contributed by atoms with van der Waals surface area (Å²) < 4.78 is 0. The Morgan fingerprint density at radius 1 is 1.31 bits per heavy atom. The molecule has 1 heterocycles. The molecule has 2 rings (SSSR count). The number of aromatic nitrogens is 2. The number of nitrogens with one attached hydrogen (secondary N) is 2. The largest absolute Gasteiger partial charge is 0.370 e. The maximum Gasteiger partial charge on any atom is 0.191 e. The zero-order valence-electron chi connectivity index (χ0n) is 9.79. The van der Waals surface area contributed by atoms with Crippen molar-refractivity contribution in [2.45, 2.75) is 24.9 Å². The van der Waals surface area contributed by atoms with Crippen LogP contribution in [0.2, 0.25) is 0 Å². The summed E-state index contributed by atoms with van der Waals surface area (Å²) in [5, 5.41) is 7.41. The number of thioether (sulfide) groups is 1. The molecule has 0 radical (unpaired) electrons. The molecule has 1 fully saturated rings. The Morgan fingerprint density at radius 2 is 2.00 bits per heavy atom. The van der Waals surface area contributed by atoms with Crippen LogP contribution in [0.15, 0.2) is 11.2 Å². The van der Waals surface area contributed by atoms with Crippen molar-refractivity contribution in [1.82, 2.24) is 9.97 Å². The van der Waals surface area contributed by atoms with E-state index < -0.39 is 0 Å². The summed E-state index contributed by atoms with van der Waals surface area (Å²) in [5.74, 6) is 2.69. The van der Waals surface area contributed by atoms with E-state index in [2.05, 4.69) is 27.5 Å². The average Bonchev–Trinajstić information content (AvgIpc) is 3.10. The molecule has 0 atom stereocenters. The van der Waals surface area contributed by atoms with E-state index in [0.29, 0.717) is 0 Å².